The Morgan fingerprint density at radius 2 is 2.24 bits per heavy atom. The van der Waals surface area contributed by atoms with Gasteiger partial charge in [-0.05, 0) is 20.0 Å². The van der Waals surface area contributed by atoms with Gasteiger partial charge in [-0.3, -0.25) is 4.79 Å². The Bertz CT molecular complexity index is 368. The number of hydrogen-bond acceptors (Lipinski definition) is 4. The predicted molar refractivity (Wildman–Crippen MR) is 73.7 cm³/mol. The highest BCUT2D eigenvalue weighted by atomic mass is 35.5. The molecule has 0 aliphatic heterocycles. The van der Waals surface area contributed by atoms with Crippen molar-refractivity contribution < 1.29 is 9.53 Å². The van der Waals surface area contributed by atoms with E-state index < -0.39 is 0 Å². The molecule has 0 spiro atoms. The Balaban J connectivity index is 0.00000256. The van der Waals surface area contributed by atoms with Gasteiger partial charge in [-0.2, -0.15) is 0 Å². The third-order valence-corrected chi connectivity index (χ3v) is 3.30. The summed E-state index contributed by atoms with van der Waals surface area (Å²) in [7, 11) is 5.26. The molecule has 1 N–H and O–H groups in total. The number of carbonyl (C=O) groups is 1. The van der Waals surface area contributed by atoms with Crippen LogP contribution in [0.2, 0.25) is 0 Å². The van der Waals surface area contributed by atoms with E-state index in [0.29, 0.717) is 17.2 Å². The second-order valence-electron chi connectivity index (χ2n) is 3.58. The average Bonchev–Trinajstić information content (AvgIpc) is 2.66. The lowest BCUT2D eigenvalue weighted by Crippen LogP contribution is -2.32. The van der Waals surface area contributed by atoms with Gasteiger partial charge in [0.1, 0.15) is 10.6 Å². The normalized spacial score (nSPS) is 9.65. The lowest BCUT2D eigenvalue weighted by molar-refractivity contribution is 0.0798. The average molecular weight is 279 g/mol. The topological polar surface area (TPSA) is 41.6 Å². The standard InChI is InChI=1S/C11H18N2O2S.ClH/c1-8-7-9(15-4)10(16-8)11(14)13(3)6-5-12-2;/h7,12H,5-6H2,1-4H3;1H. The van der Waals surface area contributed by atoms with E-state index in [1.165, 1.54) is 11.3 Å². The summed E-state index contributed by atoms with van der Waals surface area (Å²) in [6, 6.07) is 1.89. The number of hydrogen-bond donors (Lipinski definition) is 1. The van der Waals surface area contributed by atoms with Crippen molar-refractivity contribution in [3.8, 4) is 5.75 Å². The highest BCUT2D eigenvalue weighted by Crippen LogP contribution is 2.29. The van der Waals surface area contributed by atoms with Crippen molar-refractivity contribution in [2.75, 3.05) is 34.3 Å². The fraction of sp³-hybridized carbons (Fsp3) is 0.545. The van der Waals surface area contributed by atoms with Crippen LogP contribution in [0.3, 0.4) is 0 Å². The maximum absolute atomic E-state index is 12.1. The predicted octanol–water partition coefficient (Wildman–Crippen LogP) is 1.78. The number of ether oxygens (including phenoxy) is 1. The maximum atomic E-state index is 12.1. The van der Waals surface area contributed by atoms with Crippen LogP contribution in [0.4, 0.5) is 0 Å². The maximum Gasteiger partial charge on any atom is 0.267 e. The second kappa shape index (κ2) is 7.53. The van der Waals surface area contributed by atoms with Crippen molar-refractivity contribution in [1.29, 1.82) is 0 Å². The van der Waals surface area contributed by atoms with E-state index in [0.717, 1.165) is 11.4 Å². The first-order valence-electron chi connectivity index (χ1n) is 5.14. The second-order valence-corrected chi connectivity index (χ2v) is 4.84. The van der Waals surface area contributed by atoms with E-state index in [1.807, 2.05) is 20.0 Å². The summed E-state index contributed by atoms with van der Waals surface area (Å²) >= 11 is 1.47. The molecule has 0 bridgehead atoms. The van der Waals surface area contributed by atoms with Gasteiger partial charge in [-0.25, -0.2) is 0 Å². The molecule has 1 aromatic rings. The number of methoxy groups -OCH3 is 1. The summed E-state index contributed by atoms with van der Waals surface area (Å²) in [6.45, 7) is 3.45. The van der Waals surface area contributed by atoms with E-state index in [4.69, 9.17) is 4.74 Å². The summed E-state index contributed by atoms with van der Waals surface area (Å²) in [5.41, 5.74) is 0. The summed E-state index contributed by atoms with van der Waals surface area (Å²) < 4.78 is 5.19. The first kappa shape index (κ1) is 16.2. The number of rotatable bonds is 5. The highest BCUT2D eigenvalue weighted by molar-refractivity contribution is 7.14. The van der Waals surface area contributed by atoms with Crippen LogP contribution < -0.4 is 10.1 Å². The number of nitrogens with one attached hydrogen (secondary N) is 1. The van der Waals surface area contributed by atoms with Crippen LogP contribution in [0.15, 0.2) is 6.07 Å². The molecule has 17 heavy (non-hydrogen) atoms. The molecule has 1 aromatic heterocycles. The fourth-order valence-corrected chi connectivity index (χ4v) is 2.32. The van der Waals surface area contributed by atoms with E-state index in [9.17, 15) is 4.79 Å². The van der Waals surface area contributed by atoms with Crippen molar-refractivity contribution in [2.45, 2.75) is 6.92 Å². The summed E-state index contributed by atoms with van der Waals surface area (Å²) in [5.74, 6) is 0.689. The number of aryl methyl sites for hydroxylation is 1. The number of halogens is 1. The number of thiophene rings is 1. The SMILES string of the molecule is CNCCN(C)C(=O)c1sc(C)cc1OC.Cl. The number of nitrogens with zero attached hydrogens (tertiary/aromatic N) is 1. The molecule has 0 aliphatic carbocycles. The first-order valence-corrected chi connectivity index (χ1v) is 5.96. The number of carbonyl (C=O) groups excluding carboxylic acids is 1. The van der Waals surface area contributed by atoms with E-state index >= 15 is 0 Å². The van der Waals surface area contributed by atoms with Crippen molar-refractivity contribution in [2.24, 2.45) is 0 Å². The highest BCUT2D eigenvalue weighted by Gasteiger charge is 2.18. The Labute approximate surface area is 112 Å². The molecule has 0 saturated heterocycles. The molecule has 0 radical (unpaired) electrons. The molecule has 0 saturated carbocycles. The molecule has 0 fully saturated rings. The van der Waals surface area contributed by atoms with Crippen molar-refractivity contribution in [3.05, 3.63) is 15.8 Å². The number of likely N-dealkylation sites (N-methyl/N-ethyl adjacent to an activating group) is 2. The van der Waals surface area contributed by atoms with Gasteiger partial charge in [0.15, 0.2) is 0 Å². The molecule has 0 atom stereocenters. The van der Waals surface area contributed by atoms with Gasteiger partial charge in [0.05, 0.1) is 7.11 Å². The minimum atomic E-state index is 0. The van der Waals surface area contributed by atoms with Crippen LogP contribution in [0.25, 0.3) is 0 Å². The van der Waals surface area contributed by atoms with Gasteiger partial charge in [0.2, 0.25) is 0 Å². The first-order chi connectivity index (χ1) is 7.60. The van der Waals surface area contributed by atoms with Crippen molar-refractivity contribution in [3.63, 3.8) is 0 Å². The van der Waals surface area contributed by atoms with E-state index in [2.05, 4.69) is 5.32 Å². The minimum Gasteiger partial charge on any atom is -0.495 e. The quantitative estimate of drug-likeness (QED) is 0.893. The molecule has 98 valence electrons. The van der Waals surface area contributed by atoms with Gasteiger partial charge in [0.25, 0.3) is 5.91 Å². The van der Waals surface area contributed by atoms with Crippen LogP contribution in [-0.4, -0.2) is 45.1 Å². The van der Waals surface area contributed by atoms with Gasteiger partial charge >= 0.3 is 0 Å². The Kier molecular flexibility index (Phi) is 7.18. The largest absolute Gasteiger partial charge is 0.495 e. The van der Waals surface area contributed by atoms with Gasteiger partial charge < -0.3 is 15.0 Å². The molecular weight excluding hydrogens is 260 g/mol. The lowest BCUT2D eigenvalue weighted by Gasteiger charge is -2.16. The summed E-state index contributed by atoms with van der Waals surface area (Å²) in [4.78, 5) is 15.5. The molecule has 4 nitrogen and oxygen atoms in total. The van der Waals surface area contributed by atoms with Crippen LogP contribution in [0.1, 0.15) is 14.5 Å². The Morgan fingerprint density at radius 1 is 1.59 bits per heavy atom. The zero-order valence-corrected chi connectivity index (χ0v) is 12.2. The van der Waals surface area contributed by atoms with E-state index in [1.54, 1.807) is 19.1 Å². The molecule has 1 heterocycles. The van der Waals surface area contributed by atoms with Gasteiger partial charge in [0, 0.05) is 25.0 Å². The molecular formula is C11H19ClN2O2S. The lowest BCUT2D eigenvalue weighted by atomic mass is 10.3. The third kappa shape index (κ3) is 4.18. The molecule has 1 rings (SSSR count). The van der Waals surface area contributed by atoms with Crippen LogP contribution in [-0.2, 0) is 0 Å². The number of amides is 1. The minimum absolute atomic E-state index is 0. The van der Waals surface area contributed by atoms with Gasteiger partial charge in [-0.1, -0.05) is 0 Å². The zero-order chi connectivity index (χ0) is 12.1. The molecule has 0 unspecified atom stereocenters. The molecule has 1 amide bonds. The Hall–Kier alpha value is -0.780. The van der Waals surface area contributed by atoms with Crippen LogP contribution in [0.5, 0.6) is 5.75 Å². The molecule has 0 aromatic carbocycles. The smallest absolute Gasteiger partial charge is 0.267 e. The third-order valence-electron chi connectivity index (χ3n) is 2.28. The van der Waals surface area contributed by atoms with Crippen LogP contribution in [0, 0.1) is 6.92 Å². The van der Waals surface area contributed by atoms with Crippen molar-refractivity contribution >= 4 is 29.7 Å². The molecule has 0 aliphatic rings. The molecule has 6 heteroatoms. The van der Waals surface area contributed by atoms with Crippen molar-refractivity contribution in [1.82, 2.24) is 10.2 Å². The van der Waals surface area contributed by atoms with Gasteiger partial charge in [-0.15, -0.1) is 23.7 Å². The Morgan fingerprint density at radius 3 is 2.76 bits per heavy atom. The fourth-order valence-electron chi connectivity index (χ4n) is 1.35. The monoisotopic (exact) mass is 278 g/mol. The summed E-state index contributed by atoms with van der Waals surface area (Å²) in [5, 5.41) is 3.02. The zero-order valence-electron chi connectivity index (χ0n) is 10.6. The summed E-state index contributed by atoms with van der Waals surface area (Å²) in [6.07, 6.45) is 0. The van der Waals surface area contributed by atoms with E-state index in [-0.39, 0.29) is 18.3 Å². The van der Waals surface area contributed by atoms with Crippen LogP contribution >= 0.6 is 23.7 Å².